The molecule has 0 saturated heterocycles. The summed E-state index contributed by atoms with van der Waals surface area (Å²) in [5, 5.41) is 0. The van der Waals surface area contributed by atoms with E-state index in [9.17, 15) is 4.79 Å². The van der Waals surface area contributed by atoms with Crippen molar-refractivity contribution in [2.75, 3.05) is 18.1 Å². The quantitative estimate of drug-likeness (QED) is 0.647. The van der Waals surface area contributed by atoms with Gasteiger partial charge in [-0.25, -0.2) is 0 Å². The molecule has 0 bridgehead atoms. The zero-order valence-corrected chi connectivity index (χ0v) is 14.6. The van der Waals surface area contributed by atoms with Gasteiger partial charge in [0.25, 0.3) is 5.91 Å². The van der Waals surface area contributed by atoms with Crippen LogP contribution in [0.1, 0.15) is 25.8 Å². The van der Waals surface area contributed by atoms with Crippen LogP contribution in [0.5, 0.6) is 6.08 Å². The van der Waals surface area contributed by atoms with Gasteiger partial charge in [0, 0.05) is 12.2 Å². The molecule has 0 aliphatic rings. The Balaban J connectivity index is 1.71. The summed E-state index contributed by atoms with van der Waals surface area (Å²) in [7, 11) is 0. The molecular weight excluding hydrogens is 316 g/mol. The Kier molecular flexibility index (Phi) is 5.33. The molecule has 3 aromatic rings. The second-order valence-electron chi connectivity index (χ2n) is 5.81. The van der Waals surface area contributed by atoms with Crippen LogP contribution in [0.2, 0.25) is 0 Å². The highest BCUT2D eigenvalue weighted by molar-refractivity contribution is 5.94. The van der Waals surface area contributed by atoms with Gasteiger partial charge in [-0.05, 0) is 42.7 Å². The van der Waals surface area contributed by atoms with Gasteiger partial charge in [-0.1, -0.05) is 38.1 Å². The number of nitrogens with zero attached hydrogens (tertiary/aromatic N) is 2. The van der Waals surface area contributed by atoms with Crippen molar-refractivity contribution in [3.05, 3.63) is 54.1 Å². The maximum Gasteiger partial charge on any atom is 0.395 e. The lowest BCUT2D eigenvalue weighted by Crippen LogP contribution is -2.35. The summed E-state index contributed by atoms with van der Waals surface area (Å²) in [6.45, 7) is 4.68. The molecule has 5 nitrogen and oxygen atoms in total. The number of hydrogen-bond acceptors (Lipinski definition) is 4. The van der Waals surface area contributed by atoms with Crippen molar-refractivity contribution in [3.63, 3.8) is 0 Å². The van der Waals surface area contributed by atoms with Gasteiger partial charge in [0.1, 0.15) is 5.52 Å². The second-order valence-corrected chi connectivity index (χ2v) is 5.81. The normalized spacial score (nSPS) is 10.8. The van der Waals surface area contributed by atoms with Crippen LogP contribution in [0.4, 0.5) is 5.69 Å². The topological polar surface area (TPSA) is 55.6 Å². The predicted molar refractivity (Wildman–Crippen MR) is 98.0 cm³/mol. The van der Waals surface area contributed by atoms with Crippen molar-refractivity contribution >= 4 is 22.7 Å². The first-order valence-electron chi connectivity index (χ1n) is 8.59. The van der Waals surface area contributed by atoms with Crippen LogP contribution < -0.4 is 9.64 Å². The third-order valence-corrected chi connectivity index (χ3v) is 3.97. The summed E-state index contributed by atoms with van der Waals surface area (Å²) in [6, 6.07) is 15.4. The molecule has 1 heterocycles. The van der Waals surface area contributed by atoms with E-state index in [-0.39, 0.29) is 18.6 Å². The number of ether oxygens (including phenoxy) is 1. The molecule has 5 heteroatoms. The van der Waals surface area contributed by atoms with Crippen molar-refractivity contribution in [3.8, 4) is 6.08 Å². The number of hydrogen-bond donors (Lipinski definition) is 0. The molecule has 130 valence electrons. The first-order chi connectivity index (χ1) is 12.2. The molecule has 2 aromatic carbocycles. The number of carbonyl (C=O) groups is 1. The fraction of sp³-hybridized carbons (Fsp3) is 0.300. The Labute approximate surface area is 147 Å². The Morgan fingerprint density at radius 1 is 1.16 bits per heavy atom. The minimum absolute atomic E-state index is 0.108. The molecule has 0 spiro atoms. The van der Waals surface area contributed by atoms with Crippen LogP contribution in [0, 0.1) is 0 Å². The number of benzene rings is 2. The van der Waals surface area contributed by atoms with E-state index in [0.29, 0.717) is 17.6 Å². The average molecular weight is 338 g/mol. The number of aromatic nitrogens is 1. The molecule has 0 saturated carbocycles. The number of rotatable bonds is 7. The lowest BCUT2D eigenvalue weighted by Gasteiger charge is -2.22. The van der Waals surface area contributed by atoms with Crippen LogP contribution in [0.3, 0.4) is 0 Å². The van der Waals surface area contributed by atoms with Crippen LogP contribution in [-0.2, 0) is 11.2 Å². The van der Waals surface area contributed by atoms with Gasteiger partial charge in [-0.2, -0.15) is 4.98 Å². The summed E-state index contributed by atoms with van der Waals surface area (Å²) in [4.78, 5) is 18.6. The van der Waals surface area contributed by atoms with Crippen LogP contribution in [0.25, 0.3) is 11.1 Å². The first kappa shape index (κ1) is 17.0. The van der Waals surface area contributed by atoms with E-state index in [4.69, 9.17) is 9.15 Å². The highest BCUT2D eigenvalue weighted by Gasteiger charge is 2.17. The highest BCUT2D eigenvalue weighted by atomic mass is 16.6. The molecular formula is C20H22N2O3. The Bertz CT molecular complexity index is 824. The largest absolute Gasteiger partial charge is 0.440 e. The molecule has 1 aromatic heterocycles. The van der Waals surface area contributed by atoms with Gasteiger partial charge < -0.3 is 14.1 Å². The molecule has 0 aliphatic carbocycles. The SMILES string of the molecule is CCCN(C(=O)COc1nc2ccccc2o1)c1cccc(CC)c1. The molecule has 0 aliphatic heterocycles. The Morgan fingerprint density at radius 2 is 2.00 bits per heavy atom. The van der Waals surface area contributed by atoms with E-state index in [1.807, 2.05) is 49.4 Å². The van der Waals surface area contributed by atoms with E-state index in [2.05, 4.69) is 18.0 Å². The lowest BCUT2D eigenvalue weighted by atomic mass is 10.1. The number of amides is 1. The Morgan fingerprint density at radius 3 is 2.76 bits per heavy atom. The molecule has 0 radical (unpaired) electrons. The zero-order chi connectivity index (χ0) is 17.6. The van der Waals surface area contributed by atoms with Gasteiger partial charge in [0.15, 0.2) is 12.2 Å². The van der Waals surface area contributed by atoms with E-state index < -0.39 is 0 Å². The molecule has 25 heavy (non-hydrogen) atoms. The second kappa shape index (κ2) is 7.83. The third-order valence-electron chi connectivity index (χ3n) is 3.97. The van der Waals surface area contributed by atoms with Crippen molar-refractivity contribution in [1.82, 2.24) is 4.98 Å². The van der Waals surface area contributed by atoms with Crippen molar-refractivity contribution in [2.24, 2.45) is 0 Å². The third kappa shape index (κ3) is 3.99. The fourth-order valence-corrected chi connectivity index (χ4v) is 2.68. The molecule has 1 amide bonds. The molecule has 3 rings (SSSR count). The predicted octanol–water partition coefficient (Wildman–Crippen LogP) is 4.21. The number of anilines is 1. The first-order valence-corrected chi connectivity index (χ1v) is 8.59. The summed E-state index contributed by atoms with van der Waals surface area (Å²) in [6.07, 6.45) is 1.92. The van der Waals surface area contributed by atoms with Gasteiger partial charge in [0.2, 0.25) is 0 Å². The summed E-state index contributed by atoms with van der Waals surface area (Å²) in [5.74, 6) is -0.114. The summed E-state index contributed by atoms with van der Waals surface area (Å²) >= 11 is 0. The number of carbonyl (C=O) groups excluding carboxylic acids is 1. The average Bonchev–Trinajstić information content (AvgIpc) is 3.07. The van der Waals surface area contributed by atoms with Crippen LogP contribution >= 0.6 is 0 Å². The standard InChI is InChI=1S/C20H22N2O3/c1-3-12-22(16-9-7-8-15(4-2)13-16)19(23)14-24-20-21-17-10-5-6-11-18(17)25-20/h5-11,13H,3-4,12,14H2,1-2H3. The number of aryl methyl sites for hydroxylation is 1. The summed E-state index contributed by atoms with van der Waals surface area (Å²) < 4.78 is 11.0. The van der Waals surface area contributed by atoms with Crippen LogP contribution in [0.15, 0.2) is 52.9 Å². The van der Waals surface area contributed by atoms with Gasteiger partial charge in [-0.15, -0.1) is 0 Å². The maximum atomic E-state index is 12.7. The van der Waals surface area contributed by atoms with E-state index in [0.717, 1.165) is 18.5 Å². The highest BCUT2D eigenvalue weighted by Crippen LogP contribution is 2.21. The van der Waals surface area contributed by atoms with Crippen molar-refractivity contribution in [2.45, 2.75) is 26.7 Å². The summed E-state index contributed by atoms with van der Waals surface area (Å²) in [5.41, 5.74) is 3.45. The smallest absolute Gasteiger partial charge is 0.395 e. The van der Waals surface area contributed by atoms with Crippen molar-refractivity contribution < 1.29 is 13.9 Å². The van der Waals surface area contributed by atoms with Crippen molar-refractivity contribution in [1.29, 1.82) is 0 Å². The molecule has 0 N–H and O–H groups in total. The van der Waals surface area contributed by atoms with E-state index >= 15 is 0 Å². The van der Waals surface area contributed by atoms with Crippen LogP contribution in [-0.4, -0.2) is 24.0 Å². The molecule has 0 unspecified atom stereocenters. The van der Waals surface area contributed by atoms with E-state index in [1.165, 1.54) is 5.56 Å². The molecule has 0 fully saturated rings. The maximum absolute atomic E-state index is 12.7. The monoisotopic (exact) mass is 338 g/mol. The van der Waals surface area contributed by atoms with Gasteiger partial charge in [-0.3, -0.25) is 4.79 Å². The number of para-hydroxylation sites is 2. The number of fused-ring (bicyclic) bond motifs is 1. The Hall–Kier alpha value is -2.82. The van der Waals surface area contributed by atoms with E-state index in [1.54, 1.807) is 4.90 Å². The minimum atomic E-state index is -0.114. The van der Waals surface area contributed by atoms with Gasteiger partial charge >= 0.3 is 6.08 Å². The number of oxazole rings is 1. The lowest BCUT2D eigenvalue weighted by molar-refractivity contribution is -0.121. The van der Waals surface area contributed by atoms with Gasteiger partial charge in [0.05, 0.1) is 0 Å². The zero-order valence-electron chi connectivity index (χ0n) is 14.6. The minimum Gasteiger partial charge on any atom is -0.440 e. The fourth-order valence-electron chi connectivity index (χ4n) is 2.68. The molecule has 0 atom stereocenters.